The van der Waals surface area contributed by atoms with Crippen LogP contribution in [0.15, 0.2) is 77.2 Å². The fourth-order valence-corrected chi connectivity index (χ4v) is 5.26. The average molecular weight is 474 g/mol. The Morgan fingerprint density at radius 1 is 1.12 bits per heavy atom. The first-order chi connectivity index (χ1) is 16.7. The molecule has 34 heavy (non-hydrogen) atoms. The molecule has 1 saturated carbocycles. The van der Waals surface area contributed by atoms with Crippen molar-refractivity contribution in [3.8, 4) is 5.75 Å². The van der Waals surface area contributed by atoms with Gasteiger partial charge in [0.05, 0.1) is 6.61 Å². The van der Waals surface area contributed by atoms with Crippen molar-refractivity contribution in [2.45, 2.75) is 44.7 Å². The second-order valence-electron chi connectivity index (χ2n) is 8.60. The van der Waals surface area contributed by atoms with Crippen molar-refractivity contribution in [2.24, 2.45) is 0 Å². The summed E-state index contributed by atoms with van der Waals surface area (Å²) in [6.45, 7) is 1.04. The first-order valence-electron chi connectivity index (χ1n) is 11.7. The number of amides is 1. The van der Waals surface area contributed by atoms with E-state index in [-0.39, 0.29) is 23.1 Å². The summed E-state index contributed by atoms with van der Waals surface area (Å²) >= 11 is 1.73. The van der Waals surface area contributed by atoms with Crippen LogP contribution in [-0.4, -0.2) is 32.8 Å². The summed E-state index contributed by atoms with van der Waals surface area (Å²) in [5.41, 5.74) is 1.30. The standard InChI is InChI=1S/C27H27N3O3S/c31-26-24(18-28-25-12-3-4-14-29(25)26)27(32)30(21-8-1-2-9-21)19-20-7-5-10-22(17-20)33-15-13-23-11-6-16-34-23/h3-7,10-12,14,16-18,21H,1-2,8-9,13,15,19H2. The van der Waals surface area contributed by atoms with Gasteiger partial charge >= 0.3 is 0 Å². The van der Waals surface area contributed by atoms with E-state index < -0.39 is 0 Å². The van der Waals surface area contributed by atoms with Crippen LogP contribution in [0.3, 0.4) is 0 Å². The first kappa shape index (κ1) is 22.3. The lowest BCUT2D eigenvalue weighted by Gasteiger charge is -2.29. The monoisotopic (exact) mass is 473 g/mol. The SMILES string of the molecule is O=C(c1cnc2ccccn2c1=O)N(Cc1cccc(OCCc2cccs2)c1)C1CCCC1. The van der Waals surface area contributed by atoms with E-state index in [9.17, 15) is 9.59 Å². The molecule has 6 nitrogen and oxygen atoms in total. The molecule has 4 aromatic rings. The van der Waals surface area contributed by atoms with Crippen LogP contribution in [0.2, 0.25) is 0 Å². The topological polar surface area (TPSA) is 63.9 Å². The number of ether oxygens (including phenoxy) is 1. The molecule has 0 unspecified atom stereocenters. The Labute approximate surface area is 202 Å². The van der Waals surface area contributed by atoms with Crippen molar-refractivity contribution in [3.05, 3.63) is 98.7 Å². The second-order valence-corrected chi connectivity index (χ2v) is 9.63. The van der Waals surface area contributed by atoms with Crippen LogP contribution in [0.5, 0.6) is 5.75 Å². The highest BCUT2D eigenvalue weighted by Gasteiger charge is 2.29. The Kier molecular flexibility index (Phi) is 6.72. The van der Waals surface area contributed by atoms with Gasteiger partial charge in [-0.1, -0.05) is 37.1 Å². The van der Waals surface area contributed by atoms with Crippen LogP contribution in [0.25, 0.3) is 5.65 Å². The molecule has 0 atom stereocenters. The van der Waals surface area contributed by atoms with Crippen molar-refractivity contribution in [2.75, 3.05) is 6.61 Å². The predicted octanol–water partition coefficient (Wildman–Crippen LogP) is 4.96. The quantitative estimate of drug-likeness (QED) is 0.363. The maximum absolute atomic E-state index is 13.6. The molecule has 1 aliphatic rings. The number of benzene rings is 1. The van der Waals surface area contributed by atoms with Gasteiger partial charge in [0.2, 0.25) is 0 Å². The van der Waals surface area contributed by atoms with Gasteiger partial charge in [-0.15, -0.1) is 11.3 Å². The van der Waals surface area contributed by atoms with E-state index in [1.807, 2.05) is 41.3 Å². The van der Waals surface area contributed by atoms with Crippen LogP contribution in [0.1, 0.15) is 46.5 Å². The lowest BCUT2D eigenvalue weighted by molar-refractivity contribution is 0.0661. The number of rotatable bonds is 8. The maximum Gasteiger partial charge on any atom is 0.270 e. The Hall–Kier alpha value is -3.45. The fraction of sp³-hybridized carbons (Fsp3) is 0.296. The molecule has 0 bridgehead atoms. The first-order valence-corrected chi connectivity index (χ1v) is 12.6. The highest BCUT2D eigenvalue weighted by Crippen LogP contribution is 2.27. The molecule has 7 heteroatoms. The number of carbonyl (C=O) groups excluding carboxylic acids is 1. The molecule has 0 aliphatic heterocycles. The number of aromatic nitrogens is 2. The minimum absolute atomic E-state index is 0.110. The molecule has 3 heterocycles. The molecule has 1 fully saturated rings. The van der Waals surface area contributed by atoms with Gasteiger partial charge in [-0.05, 0) is 54.1 Å². The molecule has 174 valence electrons. The minimum Gasteiger partial charge on any atom is -0.493 e. The van der Waals surface area contributed by atoms with Crippen LogP contribution >= 0.6 is 11.3 Å². The summed E-state index contributed by atoms with van der Waals surface area (Å²) in [6.07, 6.45) is 8.03. The predicted molar refractivity (Wildman–Crippen MR) is 134 cm³/mol. The zero-order valence-electron chi connectivity index (χ0n) is 18.9. The normalized spacial score (nSPS) is 13.9. The van der Waals surface area contributed by atoms with Crippen LogP contribution in [-0.2, 0) is 13.0 Å². The summed E-state index contributed by atoms with van der Waals surface area (Å²) in [6, 6.07) is 17.5. The summed E-state index contributed by atoms with van der Waals surface area (Å²) in [5, 5.41) is 2.07. The number of thiophene rings is 1. The van der Waals surface area contributed by atoms with Gasteiger partial charge in [0, 0.05) is 36.3 Å². The van der Waals surface area contributed by atoms with Crippen molar-refractivity contribution in [1.82, 2.24) is 14.3 Å². The van der Waals surface area contributed by atoms with Crippen molar-refractivity contribution in [1.29, 1.82) is 0 Å². The molecule has 0 N–H and O–H groups in total. The largest absolute Gasteiger partial charge is 0.493 e. The molecular weight excluding hydrogens is 446 g/mol. The third-order valence-electron chi connectivity index (χ3n) is 6.32. The molecule has 1 amide bonds. The molecule has 0 radical (unpaired) electrons. The van der Waals surface area contributed by atoms with E-state index in [1.165, 1.54) is 15.5 Å². The van der Waals surface area contributed by atoms with Gasteiger partial charge in [-0.3, -0.25) is 14.0 Å². The second kappa shape index (κ2) is 10.2. The summed E-state index contributed by atoms with van der Waals surface area (Å²) in [5.74, 6) is 0.534. The van der Waals surface area contributed by atoms with Gasteiger partial charge in [0.15, 0.2) is 0 Å². The fourth-order valence-electron chi connectivity index (χ4n) is 4.57. The number of carbonyl (C=O) groups is 1. The number of hydrogen-bond acceptors (Lipinski definition) is 5. The van der Waals surface area contributed by atoms with Crippen molar-refractivity contribution in [3.63, 3.8) is 0 Å². The molecule has 0 saturated heterocycles. The Bertz CT molecular complexity index is 1330. The average Bonchev–Trinajstić information content (AvgIpc) is 3.58. The minimum atomic E-state index is -0.329. The number of nitrogens with zero attached hydrogens (tertiary/aromatic N) is 3. The van der Waals surface area contributed by atoms with E-state index in [2.05, 4.69) is 16.4 Å². The molecular formula is C27H27N3O3S. The van der Waals surface area contributed by atoms with Crippen LogP contribution in [0.4, 0.5) is 0 Å². The van der Waals surface area contributed by atoms with Crippen LogP contribution in [0, 0.1) is 0 Å². The molecule has 1 aromatic carbocycles. The Balaban J connectivity index is 1.36. The van der Waals surface area contributed by atoms with Gasteiger partial charge in [0.1, 0.15) is 17.0 Å². The van der Waals surface area contributed by atoms with E-state index in [4.69, 9.17) is 4.74 Å². The van der Waals surface area contributed by atoms with Gasteiger partial charge in [-0.2, -0.15) is 0 Å². The van der Waals surface area contributed by atoms with Gasteiger partial charge < -0.3 is 9.64 Å². The zero-order chi connectivity index (χ0) is 23.3. The third-order valence-corrected chi connectivity index (χ3v) is 7.26. The Morgan fingerprint density at radius 2 is 2.00 bits per heavy atom. The van der Waals surface area contributed by atoms with Gasteiger partial charge in [0.25, 0.3) is 11.5 Å². The summed E-state index contributed by atoms with van der Waals surface area (Å²) < 4.78 is 7.41. The zero-order valence-corrected chi connectivity index (χ0v) is 19.7. The maximum atomic E-state index is 13.6. The summed E-state index contributed by atoms with van der Waals surface area (Å²) in [4.78, 5) is 34.2. The molecule has 5 rings (SSSR count). The van der Waals surface area contributed by atoms with E-state index in [1.54, 1.807) is 29.7 Å². The number of pyridine rings is 1. The smallest absolute Gasteiger partial charge is 0.270 e. The van der Waals surface area contributed by atoms with Gasteiger partial charge in [-0.25, -0.2) is 4.98 Å². The highest BCUT2D eigenvalue weighted by atomic mass is 32.1. The van der Waals surface area contributed by atoms with E-state index >= 15 is 0 Å². The summed E-state index contributed by atoms with van der Waals surface area (Å²) in [7, 11) is 0. The highest BCUT2D eigenvalue weighted by molar-refractivity contribution is 7.09. The van der Waals surface area contributed by atoms with Crippen LogP contribution < -0.4 is 10.3 Å². The number of hydrogen-bond donors (Lipinski definition) is 0. The third kappa shape index (κ3) is 4.89. The molecule has 0 spiro atoms. The number of fused-ring (bicyclic) bond motifs is 1. The Morgan fingerprint density at radius 3 is 2.82 bits per heavy atom. The van der Waals surface area contributed by atoms with E-state index in [0.717, 1.165) is 43.4 Å². The lowest BCUT2D eigenvalue weighted by Crippen LogP contribution is -2.41. The molecule has 3 aromatic heterocycles. The lowest BCUT2D eigenvalue weighted by atomic mass is 10.1. The van der Waals surface area contributed by atoms with Crippen molar-refractivity contribution >= 4 is 22.9 Å². The van der Waals surface area contributed by atoms with Crippen molar-refractivity contribution < 1.29 is 9.53 Å². The molecule has 1 aliphatic carbocycles. The van der Waals surface area contributed by atoms with E-state index in [0.29, 0.717) is 18.8 Å².